The lowest BCUT2D eigenvalue weighted by Crippen LogP contribution is -2.58. The second-order valence-electron chi connectivity index (χ2n) is 11.7. The summed E-state index contributed by atoms with van der Waals surface area (Å²) in [5, 5.41) is 12.9. The van der Waals surface area contributed by atoms with Crippen LogP contribution in [0.25, 0.3) is 0 Å². The number of esters is 1. The molecule has 3 saturated heterocycles. The van der Waals surface area contributed by atoms with Gasteiger partial charge in [0.1, 0.15) is 17.7 Å². The Labute approximate surface area is 247 Å². The van der Waals surface area contributed by atoms with Crippen molar-refractivity contribution in [2.24, 2.45) is 11.8 Å². The molecular formula is C32H43N3O7. The second-order valence-corrected chi connectivity index (χ2v) is 11.7. The van der Waals surface area contributed by atoms with E-state index in [9.17, 15) is 24.3 Å². The van der Waals surface area contributed by atoms with Crippen molar-refractivity contribution < 1.29 is 33.8 Å². The summed E-state index contributed by atoms with van der Waals surface area (Å²) in [6.07, 6.45) is 3.84. The molecule has 3 aliphatic heterocycles. The number of likely N-dealkylation sites (tertiary alicyclic amines) is 1. The summed E-state index contributed by atoms with van der Waals surface area (Å²) >= 11 is 0. The molecule has 0 saturated carbocycles. The van der Waals surface area contributed by atoms with Crippen LogP contribution in [0.15, 0.2) is 43.5 Å². The Kier molecular flexibility index (Phi) is 9.57. The summed E-state index contributed by atoms with van der Waals surface area (Å²) in [7, 11) is 0. The highest BCUT2D eigenvalue weighted by molar-refractivity contribution is 6.05. The first-order valence-corrected chi connectivity index (χ1v) is 14.7. The van der Waals surface area contributed by atoms with E-state index >= 15 is 0 Å². The van der Waals surface area contributed by atoms with Crippen LogP contribution in [0, 0.1) is 25.7 Å². The van der Waals surface area contributed by atoms with Crippen molar-refractivity contribution in [3.8, 4) is 0 Å². The molecule has 10 nitrogen and oxygen atoms in total. The van der Waals surface area contributed by atoms with Crippen molar-refractivity contribution in [3.63, 3.8) is 0 Å². The first-order chi connectivity index (χ1) is 20.0. The number of carbonyl (C=O) groups is 4. The van der Waals surface area contributed by atoms with Gasteiger partial charge in [0, 0.05) is 18.7 Å². The number of ether oxygens (including phenoxy) is 2. The molecule has 3 aliphatic rings. The minimum atomic E-state index is -1.23. The minimum absolute atomic E-state index is 0.130. The van der Waals surface area contributed by atoms with Gasteiger partial charge in [-0.3, -0.25) is 19.2 Å². The van der Waals surface area contributed by atoms with Gasteiger partial charge in [0.15, 0.2) is 0 Å². The number of benzene rings is 1. The van der Waals surface area contributed by atoms with Crippen LogP contribution in [0.3, 0.4) is 0 Å². The van der Waals surface area contributed by atoms with Gasteiger partial charge in [-0.05, 0) is 58.1 Å². The van der Waals surface area contributed by atoms with Crippen LogP contribution in [-0.4, -0.2) is 83.3 Å². The maximum absolute atomic E-state index is 14.6. The van der Waals surface area contributed by atoms with Crippen LogP contribution < -0.4 is 10.2 Å². The Morgan fingerprint density at radius 1 is 1.24 bits per heavy atom. The molecule has 1 aromatic rings. The Bertz CT molecular complexity index is 1230. The SMILES string of the molecule is C=CCCC(=O)NC[C@H](C)OC(=O)[C@@H]1[C@H]2C(=O)N([C@H](C)CO)[C@H](C(=O)N(CC=C)c3c(C)cccc3C)[C@]23CC[C@H]1O3. The summed E-state index contributed by atoms with van der Waals surface area (Å²) < 4.78 is 12.2. The lowest BCUT2D eigenvalue weighted by molar-refractivity contribution is -0.159. The Balaban J connectivity index is 1.64. The summed E-state index contributed by atoms with van der Waals surface area (Å²) in [5.41, 5.74) is 1.30. The second kappa shape index (κ2) is 12.8. The van der Waals surface area contributed by atoms with Gasteiger partial charge in [-0.2, -0.15) is 0 Å². The van der Waals surface area contributed by atoms with Crippen LogP contribution in [0.1, 0.15) is 50.7 Å². The van der Waals surface area contributed by atoms with E-state index in [0.717, 1.165) is 16.8 Å². The number of amides is 3. The average Bonchev–Trinajstić information content (AvgIpc) is 3.61. The summed E-state index contributed by atoms with van der Waals surface area (Å²) in [6.45, 7) is 14.7. The van der Waals surface area contributed by atoms with E-state index in [-0.39, 0.29) is 31.5 Å². The number of aryl methyl sites for hydroxylation is 2. The van der Waals surface area contributed by atoms with Crippen molar-refractivity contribution in [3.05, 3.63) is 54.6 Å². The molecule has 0 aromatic heterocycles. The number of anilines is 1. The van der Waals surface area contributed by atoms with Gasteiger partial charge in [-0.15, -0.1) is 13.2 Å². The number of nitrogens with one attached hydrogen (secondary N) is 1. The van der Waals surface area contributed by atoms with E-state index in [1.807, 2.05) is 32.0 Å². The minimum Gasteiger partial charge on any atom is -0.460 e. The zero-order valence-corrected chi connectivity index (χ0v) is 25.0. The van der Waals surface area contributed by atoms with Crippen molar-refractivity contribution >= 4 is 29.4 Å². The van der Waals surface area contributed by atoms with E-state index < -0.39 is 53.6 Å². The summed E-state index contributed by atoms with van der Waals surface area (Å²) in [5.74, 6) is -3.32. The fraction of sp³-hybridized carbons (Fsp3) is 0.562. The number of carbonyl (C=O) groups excluding carboxylic acids is 4. The molecule has 2 bridgehead atoms. The molecule has 0 radical (unpaired) electrons. The largest absolute Gasteiger partial charge is 0.460 e. The number of nitrogens with zero attached hydrogens (tertiary/aromatic N) is 2. The number of para-hydroxylation sites is 1. The van der Waals surface area contributed by atoms with Gasteiger partial charge in [0.25, 0.3) is 5.91 Å². The lowest BCUT2D eigenvalue weighted by Gasteiger charge is -2.39. The van der Waals surface area contributed by atoms with Crippen molar-refractivity contribution in [2.75, 3.05) is 24.6 Å². The Morgan fingerprint density at radius 3 is 2.55 bits per heavy atom. The summed E-state index contributed by atoms with van der Waals surface area (Å²) in [6, 6.07) is 4.05. The standard InChI is InChI=1S/C32H43N3O7/c1-7-9-13-24(37)33-17-22(6)41-31(40)25-23-14-15-32(42-23)26(25)29(38)35(21(5)18-36)28(32)30(39)34(16-8-2)27-19(3)11-10-12-20(27)4/h7-8,10-12,21-23,25-26,28,36H,1-2,9,13-18H2,3-6H3,(H,33,37)/t21-,22+,23-,25+,26+,28-,32+/m1/s1. The molecule has 2 N–H and O–H groups in total. The number of fused-ring (bicyclic) bond motifs is 1. The van der Waals surface area contributed by atoms with Crippen LogP contribution in [-0.2, 0) is 28.7 Å². The van der Waals surface area contributed by atoms with Gasteiger partial charge in [0.2, 0.25) is 11.8 Å². The van der Waals surface area contributed by atoms with Crippen LogP contribution in [0.5, 0.6) is 0 Å². The van der Waals surface area contributed by atoms with E-state index in [0.29, 0.717) is 25.7 Å². The molecule has 42 heavy (non-hydrogen) atoms. The molecule has 0 aliphatic carbocycles. The van der Waals surface area contributed by atoms with Gasteiger partial charge in [-0.1, -0.05) is 30.4 Å². The van der Waals surface area contributed by atoms with Gasteiger partial charge in [-0.25, -0.2) is 0 Å². The molecule has 10 heteroatoms. The zero-order chi connectivity index (χ0) is 30.8. The number of rotatable bonds is 13. The highest BCUT2D eigenvalue weighted by Crippen LogP contribution is 2.59. The number of hydrogen-bond donors (Lipinski definition) is 2. The zero-order valence-electron chi connectivity index (χ0n) is 25.0. The molecule has 4 rings (SSSR count). The van der Waals surface area contributed by atoms with Crippen molar-refractivity contribution in [1.29, 1.82) is 0 Å². The van der Waals surface area contributed by atoms with Crippen molar-refractivity contribution in [2.45, 2.75) is 83.3 Å². The first kappa shape index (κ1) is 31.4. The average molecular weight is 582 g/mol. The highest BCUT2D eigenvalue weighted by atomic mass is 16.6. The number of hydrogen-bond acceptors (Lipinski definition) is 7. The van der Waals surface area contributed by atoms with Crippen LogP contribution in [0.4, 0.5) is 5.69 Å². The Morgan fingerprint density at radius 2 is 1.93 bits per heavy atom. The number of aliphatic hydroxyl groups excluding tert-OH is 1. The molecule has 7 atom stereocenters. The topological polar surface area (TPSA) is 125 Å². The van der Waals surface area contributed by atoms with Crippen LogP contribution >= 0.6 is 0 Å². The molecular weight excluding hydrogens is 538 g/mol. The monoisotopic (exact) mass is 581 g/mol. The maximum atomic E-state index is 14.6. The third-order valence-corrected chi connectivity index (χ3v) is 8.75. The first-order valence-electron chi connectivity index (χ1n) is 14.7. The molecule has 3 heterocycles. The maximum Gasteiger partial charge on any atom is 0.312 e. The van der Waals surface area contributed by atoms with E-state index in [1.54, 1.807) is 30.9 Å². The van der Waals surface area contributed by atoms with Gasteiger partial charge < -0.3 is 29.7 Å². The smallest absolute Gasteiger partial charge is 0.312 e. The Hall–Kier alpha value is -3.50. The predicted molar refractivity (Wildman–Crippen MR) is 157 cm³/mol. The molecule has 3 amide bonds. The summed E-state index contributed by atoms with van der Waals surface area (Å²) in [4.78, 5) is 57.3. The fourth-order valence-electron chi connectivity index (χ4n) is 6.90. The highest BCUT2D eigenvalue weighted by Gasteiger charge is 2.75. The van der Waals surface area contributed by atoms with Gasteiger partial charge >= 0.3 is 5.97 Å². The van der Waals surface area contributed by atoms with Gasteiger partial charge in [0.05, 0.1) is 37.1 Å². The van der Waals surface area contributed by atoms with E-state index in [4.69, 9.17) is 9.47 Å². The lowest BCUT2D eigenvalue weighted by atomic mass is 9.70. The quantitative estimate of drug-likeness (QED) is 0.271. The van der Waals surface area contributed by atoms with Crippen molar-refractivity contribution in [1.82, 2.24) is 10.2 Å². The van der Waals surface area contributed by atoms with E-state index in [2.05, 4.69) is 18.5 Å². The van der Waals surface area contributed by atoms with Crippen LogP contribution in [0.2, 0.25) is 0 Å². The molecule has 228 valence electrons. The third kappa shape index (κ3) is 5.49. The normalized spacial score (nSPS) is 27.3. The molecule has 1 aromatic carbocycles. The number of aliphatic hydroxyl groups is 1. The molecule has 1 spiro atoms. The number of allylic oxidation sites excluding steroid dienone is 1. The van der Waals surface area contributed by atoms with E-state index in [1.165, 1.54) is 4.90 Å². The fourth-order valence-corrected chi connectivity index (χ4v) is 6.90. The predicted octanol–water partition coefficient (Wildman–Crippen LogP) is 2.59. The molecule has 3 fully saturated rings. The third-order valence-electron chi connectivity index (χ3n) is 8.75. The molecule has 0 unspecified atom stereocenters.